The number of hydrogen-bond donors (Lipinski definition) is 1. The second-order valence-electron chi connectivity index (χ2n) is 4.67. The molecule has 1 nitrogen and oxygen atoms in total. The van der Waals surface area contributed by atoms with Gasteiger partial charge in [0.15, 0.2) is 0 Å². The van der Waals surface area contributed by atoms with E-state index in [0.29, 0.717) is 5.92 Å². The summed E-state index contributed by atoms with van der Waals surface area (Å²) in [5, 5.41) is 5.79. The first-order valence-corrected chi connectivity index (χ1v) is 9.12. The van der Waals surface area contributed by atoms with Crippen molar-refractivity contribution in [2.24, 2.45) is 5.92 Å². The Balaban J connectivity index is 2.09. The van der Waals surface area contributed by atoms with Gasteiger partial charge < -0.3 is 5.32 Å². The highest BCUT2D eigenvalue weighted by Gasteiger charge is 2.22. The lowest BCUT2D eigenvalue weighted by atomic mass is 10.0. The molecule has 0 fully saturated rings. The number of hydrogen-bond acceptors (Lipinski definition) is 4. The molecule has 2 rings (SSSR count). The van der Waals surface area contributed by atoms with Crippen molar-refractivity contribution in [2.45, 2.75) is 19.5 Å². The van der Waals surface area contributed by atoms with Gasteiger partial charge in [-0.2, -0.15) is 0 Å². The van der Waals surface area contributed by atoms with Crippen LogP contribution in [0.2, 0.25) is 0 Å². The summed E-state index contributed by atoms with van der Waals surface area (Å²) in [5.74, 6) is 0.336. The lowest BCUT2D eigenvalue weighted by Gasteiger charge is -2.24. The van der Waals surface area contributed by atoms with Crippen LogP contribution in [0.15, 0.2) is 47.8 Å². The van der Waals surface area contributed by atoms with Crippen molar-refractivity contribution in [3.05, 3.63) is 58.3 Å². The fourth-order valence-electron chi connectivity index (χ4n) is 2.14. The van der Waals surface area contributed by atoms with Crippen LogP contribution in [0.1, 0.15) is 23.4 Å². The largest absolute Gasteiger partial charge is 0.305 e. The lowest BCUT2D eigenvalue weighted by molar-refractivity contribution is 0.475. The third-order valence-electron chi connectivity index (χ3n) is 3.29. The van der Waals surface area contributed by atoms with Crippen LogP contribution in [0, 0.1) is 5.92 Å². The van der Waals surface area contributed by atoms with Gasteiger partial charge in [-0.1, -0.05) is 55.5 Å². The van der Waals surface area contributed by atoms with Gasteiger partial charge in [0.1, 0.15) is 0 Å². The quantitative estimate of drug-likeness (QED) is 0.760. The van der Waals surface area contributed by atoms with E-state index in [9.17, 15) is 0 Å². The van der Waals surface area contributed by atoms with Crippen LogP contribution in [-0.2, 0) is 6.54 Å². The Hall–Kier alpha value is -0.680. The van der Waals surface area contributed by atoms with Crippen LogP contribution in [0.3, 0.4) is 0 Å². The third kappa shape index (κ3) is 4.16. The van der Waals surface area contributed by atoms with Crippen LogP contribution < -0.4 is 5.32 Å². The fraction of sp³-hybridized carbons (Fsp3) is 0.312. The molecule has 1 aromatic carbocycles. The molecule has 0 bridgehead atoms. The van der Waals surface area contributed by atoms with E-state index in [4.69, 9.17) is 12.2 Å². The number of nitrogens with one attached hydrogen (secondary N) is 1. The minimum atomic E-state index is 0.287. The van der Waals surface area contributed by atoms with Crippen LogP contribution in [0.25, 0.3) is 0 Å². The van der Waals surface area contributed by atoms with Gasteiger partial charge in [0.05, 0.1) is 4.20 Å². The van der Waals surface area contributed by atoms with E-state index in [0.717, 1.165) is 10.7 Å². The fourth-order valence-corrected chi connectivity index (χ4v) is 3.69. The number of thiocarbonyl (C=S) groups is 1. The molecule has 0 unspecified atom stereocenters. The van der Waals surface area contributed by atoms with Gasteiger partial charge in [-0.05, 0) is 23.3 Å². The summed E-state index contributed by atoms with van der Waals surface area (Å²) in [5.41, 5.74) is 1.30. The van der Waals surface area contributed by atoms with Crippen LogP contribution in [0.5, 0.6) is 0 Å². The van der Waals surface area contributed by atoms with Gasteiger partial charge >= 0.3 is 0 Å². The smallest absolute Gasteiger partial charge is 0.0523 e. The van der Waals surface area contributed by atoms with Gasteiger partial charge in [-0.15, -0.1) is 23.1 Å². The zero-order valence-electron chi connectivity index (χ0n) is 11.7. The highest BCUT2D eigenvalue weighted by Crippen LogP contribution is 2.30. The SMILES string of the molecule is CSC(=S)[C@H](C)[C@H](NCc1ccccc1)c1cccs1. The first kappa shape index (κ1) is 15.7. The Morgan fingerprint density at radius 3 is 2.60 bits per heavy atom. The number of rotatable bonds is 6. The third-order valence-corrected chi connectivity index (χ3v) is 5.89. The van der Waals surface area contributed by atoms with E-state index in [2.05, 4.69) is 60.3 Å². The summed E-state index contributed by atoms with van der Waals surface area (Å²) >= 11 is 8.95. The second kappa shape index (κ2) is 7.93. The molecule has 0 aliphatic rings. The summed E-state index contributed by atoms with van der Waals surface area (Å²) in [6.07, 6.45) is 2.06. The molecule has 20 heavy (non-hydrogen) atoms. The molecule has 0 spiro atoms. The summed E-state index contributed by atoms with van der Waals surface area (Å²) in [6.45, 7) is 3.08. The van der Waals surface area contributed by atoms with Crippen molar-refractivity contribution in [1.29, 1.82) is 0 Å². The average Bonchev–Trinajstić information content (AvgIpc) is 3.01. The van der Waals surface area contributed by atoms with Gasteiger partial charge in [-0.3, -0.25) is 0 Å². The molecule has 2 aromatic rings. The summed E-state index contributed by atoms with van der Waals surface area (Å²) in [4.78, 5) is 1.35. The Morgan fingerprint density at radius 2 is 2.00 bits per heavy atom. The van der Waals surface area contributed by atoms with Gasteiger partial charge in [-0.25, -0.2) is 0 Å². The van der Waals surface area contributed by atoms with Crippen molar-refractivity contribution in [3.63, 3.8) is 0 Å². The van der Waals surface area contributed by atoms with E-state index in [1.807, 2.05) is 6.07 Å². The molecular formula is C16H19NS3. The molecular weight excluding hydrogens is 302 g/mol. The van der Waals surface area contributed by atoms with E-state index in [1.54, 1.807) is 23.1 Å². The zero-order chi connectivity index (χ0) is 14.4. The van der Waals surface area contributed by atoms with Gasteiger partial charge in [0.2, 0.25) is 0 Å². The number of thiophene rings is 1. The molecule has 0 aliphatic carbocycles. The van der Waals surface area contributed by atoms with Gasteiger partial charge in [0.25, 0.3) is 0 Å². The standard InChI is InChI=1S/C16H19NS3/c1-12(16(18)19-2)15(14-9-6-10-20-14)17-11-13-7-4-3-5-8-13/h3-10,12,15,17H,11H2,1-2H3/t12-,15+/m1/s1. The maximum Gasteiger partial charge on any atom is 0.0523 e. The summed E-state index contributed by atoms with van der Waals surface area (Å²) in [6, 6.07) is 15.1. The van der Waals surface area contributed by atoms with E-state index in [-0.39, 0.29) is 6.04 Å². The summed E-state index contributed by atoms with van der Waals surface area (Å²) in [7, 11) is 0. The van der Waals surface area contributed by atoms with E-state index in [1.165, 1.54) is 10.4 Å². The predicted molar refractivity (Wildman–Crippen MR) is 95.6 cm³/mol. The molecule has 4 heteroatoms. The normalized spacial score (nSPS) is 13.9. The van der Waals surface area contributed by atoms with Crippen LogP contribution >= 0.6 is 35.3 Å². The monoisotopic (exact) mass is 321 g/mol. The first-order valence-electron chi connectivity index (χ1n) is 6.61. The maximum absolute atomic E-state index is 5.49. The van der Waals surface area contributed by atoms with Crippen molar-refractivity contribution in [3.8, 4) is 0 Å². The topological polar surface area (TPSA) is 12.0 Å². The average molecular weight is 322 g/mol. The maximum atomic E-state index is 5.49. The Labute approximate surface area is 134 Å². The second-order valence-corrected chi connectivity index (χ2v) is 7.20. The van der Waals surface area contributed by atoms with Crippen molar-refractivity contribution in [2.75, 3.05) is 6.26 Å². The molecule has 0 saturated heterocycles. The molecule has 0 amide bonds. The first-order chi connectivity index (χ1) is 9.72. The van der Waals surface area contributed by atoms with Crippen molar-refractivity contribution in [1.82, 2.24) is 5.32 Å². The Kier molecular flexibility index (Phi) is 6.23. The Morgan fingerprint density at radius 1 is 1.25 bits per heavy atom. The highest BCUT2D eigenvalue weighted by molar-refractivity contribution is 8.22. The van der Waals surface area contributed by atoms with Crippen molar-refractivity contribution < 1.29 is 0 Å². The molecule has 0 saturated carbocycles. The van der Waals surface area contributed by atoms with Crippen LogP contribution in [0.4, 0.5) is 0 Å². The molecule has 106 valence electrons. The summed E-state index contributed by atoms with van der Waals surface area (Å²) < 4.78 is 1.06. The minimum Gasteiger partial charge on any atom is -0.305 e. The lowest BCUT2D eigenvalue weighted by Crippen LogP contribution is -2.28. The van der Waals surface area contributed by atoms with Crippen LogP contribution in [-0.4, -0.2) is 10.5 Å². The predicted octanol–water partition coefficient (Wildman–Crippen LogP) is 4.91. The molecule has 2 atom stereocenters. The molecule has 0 radical (unpaired) electrons. The molecule has 0 aliphatic heterocycles. The minimum absolute atomic E-state index is 0.287. The molecule has 1 aromatic heterocycles. The van der Waals surface area contributed by atoms with Crippen molar-refractivity contribution >= 4 is 39.5 Å². The van der Waals surface area contributed by atoms with E-state index < -0.39 is 0 Å². The van der Waals surface area contributed by atoms with Gasteiger partial charge in [0, 0.05) is 23.4 Å². The molecule has 1 N–H and O–H groups in total. The number of thioether (sulfide) groups is 1. The zero-order valence-corrected chi connectivity index (χ0v) is 14.2. The Bertz CT molecular complexity index is 522. The highest BCUT2D eigenvalue weighted by atomic mass is 32.2. The van der Waals surface area contributed by atoms with E-state index >= 15 is 0 Å². The number of benzene rings is 1. The molecule has 1 heterocycles.